The van der Waals surface area contributed by atoms with E-state index in [0.717, 1.165) is 0 Å². The molecule has 0 saturated heterocycles. The molecule has 0 aliphatic heterocycles. The fourth-order valence-corrected chi connectivity index (χ4v) is 1.74. The summed E-state index contributed by atoms with van der Waals surface area (Å²) in [7, 11) is 0. The normalized spacial score (nSPS) is 27.1. The predicted octanol–water partition coefficient (Wildman–Crippen LogP) is 2.89. The van der Waals surface area contributed by atoms with Crippen molar-refractivity contribution in [3.8, 4) is 0 Å². The van der Waals surface area contributed by atoms with Gasteiger partial charge in [-0.25, -0.2) is 9.37 Å². The molecule has 5 heteroatoms. The average Bonchev–Trinajstić information content (AvgIpc) is 2.88. The van der Waals surface area contributed by atoms with Crippen molar-refractivity contribution in [1.29, 1.82) is 0 Å². The molecule has 0 spiro atoms. The molecular weight excluding hydrogens is 243 g/mol. The number of hydrogen-bond donors (Lipinski definition) is 1. The van der Waals surface area contributed by atoms with Crippen LogP contribution in [0.5, 0.6) is 0 Å². The molecule has 1 fully saturated rings. The highest BCUT2D eigenvalue weighted by molar-refractivity contribution is 6.25. The van der Waals surface area contributed by atoms with Crippen LogP contribution < -0.4 is 5.32 Å². The minimum atomic E-state index is -1.55. The highest BCUT2D eigenvalue weighted by Crippen LogP contribution is 2.52. The van der Waals surface area contributed by atoms with Crippen molar-refractivity contribution in [2.75, 3.05) is 5.32 Å². The lowest BCUT2D eigenvalue weighted by Gasteiger charge is -1.99. The van der Waals surface area contributed by atoms with E-state index in [2.05, 4.69) is 10.3 Å². The van der Waals surface area contributed by atoms with E-state index in [9.17, 15) is 9.18 Å². The number of carbonyl (C=O) groups excluding carboxylic acids is 1. The molecule has 1 amide bonds. The molecule has 1 N–H and O–H groups in total. The van der Waals surface area contributed by atoms with Crippen molar-refractivity contribution in [2.45, 2.75) is 18.0 Å². The summed E-state index contributed by atoms with van der Waals surface area (Å²) >= 11 is 5.44. The van der Waals surface area contributed by atoms with Crippen LogP contribution in [0.15, 0.2) is 36.5 Å². The zero-order chi connectivity index (χ0) is 12.3. The quantitative estimate of drug-likeness (QED) is 0.663. The number of aromatic nitrogens is 1. The zero-order valence-corrected chi connectivity index (χ0v) is 9.82. The molecule has 3 nitrogen and oxygen atoms in total. The topological polar surface area (TPSA) is 42.0 Å². The van der Waals surface area contributed by atoms with Crippen LogP contribution in [0.3, 0.4) is 0 Å². The molecule has 1 aromatic heterocycles. The number of nitrogens with one attached hydrogen (secondary N) is 1. The summed E-state index contributed by atoms with van der Waals surface area (Å²) in [5.41, 5.74) is 0. The predicted molar refractivity (Wildman–Crippen MR) is 64.4 cm³/mol. The maximum atomic E-state index is 13.0. The second-order valence-electron chi connectivity index (χ2n) is 4.00. The zero-order valence-electron chi connectivity index (χ0n) is 9.07. The Morgan fingerprint density at radius 2 is 2.47 bits per heavy atom. The summed E-state index contributed by atoms with van der Waals surface area (Å²) in [5, 5.41) is 1.04. The number of anilines is 1. The first-order chi connectivity index (χ1) is 8.08. The van der Waals surface area contributed by atoms with Gasteiger partial charge in [0.25, 0.3) is 0 Å². The largest absolute Gasteiger partial charge is 0.307 e. The molecule has 17 heavy (non-hydrogen) atoms. The molecule has 0 radical (unpaired) electrons. The number of nitrogens with zero attached hydrogens (tertiary/aromatic N) is 1. The standard InChI is InChI=1S/C12H12ClFN2O/c13-12(14)8-9(12)4-3-6-11(17)16-10-5-1-2-7-15-10/h1-3,5-7,9H,4,8H2,(H,15,16,17)/b6-3+. The number of halogens is 2. The summed E-state index contributed by atoms with van der Waals surface area (Å²) in [6.45, 7) is 0. The van der Waals surface area contributed by atoms with Gasteiger partial charge < -0.3 is 5.32 Å². The maximum Gasteiger partial charge on any atom is 0.249 e. The number of pyridine rings is 1. The van der Waals surface area contributed by atoms with Crippen molar-refractivity contribution in [2.24, 2.45) is 5.92 Å². The van der Waals surface area contributed by atoms with Gasteiger partial charge in [-0.3, -0.25) is 4.79 Å². The summed E-state index contributed by atoms with van der Waals surface area (Å²) in [6.07, 6.45) is 5.44. The Balaban J connectivity index is 1.76. The number of hydrogen-bond acceptors (Lipinski definition) is 2. The van der Waals surface area contributed by atoms with Gasteiger partial charge in [-0.2, -0.15) is 0 Å². The summed E-state index contributed by atoms with van der Waals surface area (Å²) in [5.74, 6) is 0.0530. The van der Waals surface area contributed by atoms with Crippen molar-refractivity contribution in [3.63, 3.8) is 0 Å². The summed E-state index contributed by atoms with van der Waals surface area (Å²) < 4.78 is 13.0. The van der Waals surface area contributed by atoms with Crippen LogP contribution in [-0.4, -0.2) is 16.0 Å². The third kappa shape index (κ3) is 3.53. The van der Waals surface area contributed by atoms with Gasteiger partial charge in [0.2, 0.25) is 5.91 Å². The third-order valence-electron chi connectivity index (χ3n) is 2.56. The van der Waals surface area contributed by atoms with E-state index in [1.165, 1.54) is 6.08 Å². The Labute approximate surface area is 104 Å². The fourth-order valence-electron chi connectivity index (χ4n) is 1.47. The molecule has 0 bridgehead atoms. The smallest absolute Gasteiger partial charge is 0.249 e. The number of rotatable bonds is 4. The van der Waals surface area contributed by atoms with E-state index in [-0.39, 0.29) is 11.8 Å². The van der Waals surface area contributed by atoms with Crippen LogP contribution >= 0.6 is 11.6 Å². The summed E-state index contributed by atoms with van der Waals surface area (Å²) in [4.78, 5) is 15.4. The van der Waals surface area contributed by atoms with E-state index in [1.54, 1.807) is 30.5 Å². The van der Waals surface area contributed by atoms with Crippen LogP contribution in [0.4, 0.5) is 10.2 Å². The van der Waals surface area contributed by atoms with Crippen LogP contribution in [0, 0.1) is 5.92 Å². The SMILES string of the molecule is O=C(/C=C/CC1CC1(F)Cl)Nc1ccccn1. The minimum Gasteiger partial charge on any atom is -0.307 e. The first-order valence-electron chi connectivity index (χ1n) is 5.34. The van der Waals surface area contributed by atoms with Gasteiger partial charge in [0, 0.05) is 18.5 Å². The van der Waals surface area contributed by atoms with Gasteiger partial charge in [-0.05, 0) is 24.6 Å². The first-order valence-corrected chi connectivity index (χ1v) is 5.72. The van der Waals surface area contributed by atoms with Crippen molar-refractivity contribution in [1.82, 2.24) is 4.98 Å². The number of carbonyl (C=O) groups is 1. The first kappa shape index (κ1) is 12.0. The van der Waals surface area contributed by atoms with Crippen LogP contribution in [0.1, 0.15) is 12.8 Å². The lowest BCUT2D eigenvalue weighted by atomic mass is 10.2. The number of allylic oxidation sites excluding steroid dienone is 1. The Morgan fingerprint density at radius 1 is 1.71 bits per heavy atom. The number of alkyl halides is 2. The van der Waals surface area contributed by atoms with Gasteiger partial charge in [0.1, 0.15) is 5.82 Å². The van der Waals surface area contributed by atoms with Gasteiger partial charge in [0.15, 0.2) is 5.13 Å². The van der Waals surface area contributed by atoms with Gasteiger partial charge in [-0.1, -0.05) is 23.7 Å². The van der Waals surface area contributed by atoms with Crippen molar-refractivity contribution < 1.29 is 9.18 Å². The van der Waals surface area contributed by atoms with E-state index in [1.807, 2.05) is 0 Å². The Hall–Kier alpha value is -1.42. The molecule has 1 aliphatic rings. The molecule has 1 aliphatic carbocycles. The average molecular weight is 255 g/mol. The fraction of sp³-hybridized carbons (Fsp3) is 0.333. The van der Waals surface area contributed by atoms with Crippen molar-refractivity contribution in [3.05, 3.63) is 36.5 Å². The summed E-state index contributed by atoms with van der Waals surface area (Å²) in [6, 6.07) is 5.24. The van der Waals surface area contributed by atoms with E-state index in [4.69, 9.17) is 11.6 Å². The molecule has 1 saturated carbocycles. The number of amides is 1. The molecule has 0 aromatic carbocycles. The van der Waals surface area contributed by atoms with E-state index >= 15 is 0 Å². The molecule has 2 unspecified atom stereocenters. The van der Waals surface area contributed by atoms with Crippen LogP contribution in [0.25, 0.3) is 0 Å². The van der Waals surface area contributed by atoms with E-state index in [0.29, 0.717) is 18.7 Å². The van der Waals surface area contributed by atoms with Crippen LogP contribution in [0.2, 0.25) is 0 Å². The second-order valence-corrected chi connectivity index (χ2v) is 4.63. The minimum absolute atomic E-state index is 0.164. The molecule has 2 rings (SSSR count). The lowest BCUT2D eigenvalue weighted by Crippen LogP contribution is -2.08. The molecular formula is C12H12ClFN2O. The Morgan fingerprint density at radius 3 is 3.06 bits per heavy atom. The Kier molecular flexibility index (Phi) is 3.43. The van der Waals surface area contributed by atoms with Gasteiger partial charge in [0.05, 0.1) is 0 Å². The highest BCUT2D eigenvalue weighted by Gasteiger charge is 2.52. The molecule has 2 atom stereocenters. The second kappa shape index (κ2) is 4.84. The molecule has 90 valence electrons. The van der Waals surface area contributed by atoms with E-state index < -0.39 is 5.13 Å². The van der Waals surface area contributed by atoms with Crippen molar-refractivity contribution >= 4 is 23.3 Å². The van der Waals surface area contributed by atoms with Crippen LogP contribution in [-0.2, 0) is 4.79 Å². The van der Waals surface area contributed by atoms with Gasteiger partial charge in [-0.15, -0.1) is 0 Å². The third-order valence-corrected chi connectivity index (χ3v) is 3.02. The van der Waals surface area contributed by atoms with Gasteiger partial charge >= 0.3 is 0 Å². The Bertz CT molecular complexity index is 433. The molecule has 1 aromatic rings. The highest BCUT2D eigenvalue weighted by atomic mass is 35.5. The maximum absolute atomic E-state index is 13.0. The molecule has 1 heterocycles. The monoisotopic (exact) mass is 254 g/mol. The lowest BCUT2D eigenvalue weighted by molar-refractivity contribution is -0.111.